The number of hydrogen-bond acceptors (Lipinski definition) is 6. The Kier molecular flexibility index (Phi) is 7.99. The molecule has 40 heavy (non-hydrogen) atoms. The molecule has 9 nitrogen and oxygen atoms in total. The molecule has 204 valence electrons. The van der Waals surface area contributed by atoms with E-state index in [4.69, 9.17) is 28.0 Å². The summed E-state index contributed by atoms with van der Waals surface area (Å²) in [6.07, 6.45) is -2.73. The summed E-state index contributed by atoms with van der Waals surface area (Å²) in [7, 11) is 0. The summed E-state index contributed by atoms with van der Waals surface area (Å²) in [5, 5.41) is 28.8. The summed E-state index contributed by atoms with van der Waals surface area (Å²) >= 11 is 11.8. The Morgan fingerprint density at radius 1 is 1.07 bits per heavy atom. The largest absolute Gasteiger partial charge is 0.435 e. The summed E-state index contributed by atoms with van der Waals surface area (Å²) in [5.74, 6) is 0. The van der Waals surface area contributed by atoms with Crippen LogP contribution >= 0.6 is 23.2 Å². The lowest BCUT2D eigenvalue weighted by molar-refractivity contribution is -0.384. The van der Waals surface area contributed by atoms with Crippen molar-refractivity contribution in [1.29, 1.82) is 5.26 Å². The topological polar surface area (TPSA) is 130 Å². The molecule has 3 aromatic carbocycles. The van der Waals surface area contributed by atoms with E-state index in [1.165, 1.54) is 60.7 Å². The van der Waals surface area contributed by atoms with E-state index < -0.39 is 29.2 Å². The number of amides is 2. The van der Waals surface area contributed by atoms with Crippen molar-refractivity contribution in [2.75, 3.05) is 10.6 Å². The van der Waals surface area contributed by atoms with Gasteiger partial charge in [-0.3, -0.25) is 10.1 Å². The maximum Gasteiger partial charge on any atom is 0.435 e. The number of nitrogens with zero attached hydrogens (tertiary/aromatic N) is 3. The fourth-order valence-corrected chi connectivity index (χ4v) is 4.34. The molecule has 14 heteroatoms. The van der Waals surface area contributed by atoms with E-state index >= 15 is 0 Å². The van der Waals surface area contributed by atoms with Crippen molar-refractivity contribution in [2.24, 2.45) is 5.16 Å². The molecular weight excluding hydrogens is 574 g/mol. The van der Waals surface area contributed by atoms with Crippen LogP contribution in [-0.2, 0) is 10.4 Å². The molecule has 2 amide bonds. The highest BCUT2D eigenvalue weighted by atomic mass is 35.5. The van der Waals surface area contributed by atoms with Crippen LogP contribution in [0.15, 0.2) is 71.9 Å². The number of hydrogen-bond donors (Lipinski definition) is 2. The lowest BCUT2D eigenvalue weighted by atomic mass is 9.88. The molecule has 0 aliphatic carbocycles. The summed E-state index contributed by atoms with van der Waals surface area (Å²) < 4.78 is 42.5. The Hall–Kier alpha value is -4.60. The number of nitro groups is 1. The fraction of sp³-hybridized carbons (Fsp3) is 0.115. The summed E-state index contributed by atoms with van der Waals surface area (Å²) in [6, 6.07) is 14.2. The molecule has 1 heterocycles. The van der Waals surface area contributed by atoms with Gasteiger partial charge in [-0.25, -0.2) is 4.79 Å². The SMILES string of the molecule is N#Cc1ccc(/C=C/C2=NOC(c3cc(Cl)cc(Cl)c3)(C(F)(F)F)C2)cc1NC(=O)Nc1ccc([N+](=O)[O-])cc1. The first-order valence-corrected chi connectivity index (χ1v) is 12.0. The lowest BCUT2D eigenvalue weighted by Gasteiger charge is -2.29. The number of carbonyl (C=O) groups is 1. The number of urea groups is 1. The van der Waals surface area contributed by atoms with Gasteiger partial charge in [0.15, 0.2) is 0 Å². The number of anilines is 2. The number of oxime groups is 1. The molecule has 0 saturated carbocycles. The second-order valence-electron chi connectivity index (χ2n) is 8.47. The van der Waals surface area contributed by atoms with Crippen LogP contribution in [0.3, 0.4) is 0 Å². The number of non-ortho nitro benzene ring substituents is 1. The van der Waals surface area contributed by atoms with Crippen LogP contribution in [0.5, 0.6) is 0 Å². The minimum Gasteiger partial charge on any atom is -0.374 e. The van der Waals surface area contributed by atoms with E-state index in [2.05, 4.69) is 15.8 Å². The molecular formula is C26H16Cl2F3N5O4. The van der Waals surface area contributed by atoms with Gasteiger partial charge in [0.05, 0.1) is 21.9 Å². The third kappa shape index (κ3) is 6.17. The third-order valence-corrected chi connectivity index (χ3v) is 6.19. The Bertz CT molecular complexity index is 1570. The van der Waals surface area contributed by atoms with Crippen molar-refractivity contribution in [3.05, 3.63) is 104 Å². The molecule has 1 aliphatic heterocycles. The Labute approximate surface area is 234 Å². The van der Waals surface area contributed by atoms with Gasteiger partial charge in [0.25, 0.3) is 11.3 Å². The first-order valence-electron chi connectivity index (χ1n) is 11.2. The monoisotopic (exact) mass is 589 g/mol. The van der Waals surface area contributed by atoms with E-state index in [0.717, 1.165) is 12.1 Å². The number of carbonyl (C=O) groups excluding carboxylic acids is 1. The molecule has 1 unspecified atom stereocenters. The van der Waals surface area contributed by atoms with Gasteiger partial charge in [-0.15, -0.1) is 0 Å². The van der Waals surface area contributed by atoms with Crippen LogP contribution < -0.4 is 10.6 Å². The average molecular weight is 590 g/mol. The number of allylic oxidation sites excluding steroid dienone is 1. The van der Waals surface area contributed by atoms with Gasteiger partial charge in [0, 0.05) is 39.8 Å². The minimum absolute atomic E-state index is 0.00828. The molecule has 0 bridgehead atoms. The average Bonchev–Trinajstić information content (AvgIpc) is 3.33. The first-order chi connectivity index (χ1) is 18.9. The second kappa shape index (κ2) is 11.3. The van der Waals surface area contributed by atoms with Crippen molar-refractivity contribution < 1.29 is 27.7 Å². The number of benzene rings is 3. The molecule has 0 fully saturated rings. The van der Waals surface area contributed by atoms with Crippen LogP contribution in [0.4, 0.5) is 35.0 Å². The highest BCUT2D eigenvalue weighted by molar-refractivity contribution is 6.34. The number of halogens is 5. The number of nitro benzene ring substituents is 1. The van der Waals surface area contributed by atoms with Crippen molar-refractivity contribution in [3.63, 3.8) is 0 Å². The van der Waals surface area contributed by atoms with E-state index in [1.54, 1.807) is 0 Å². The quantitative estimate of drug-likeness (QED) is 0.225. The zero-order chi connectivity index (χ0) is 29.1. The minimum atomic E-state index is -4.84. The van der Waals surface area contributed by atoms with E-state index in [0.29, 0.717) is 5.56 Å². The predicted octanol–water partition coefficient (Wildman–Crippen LogP) is 7.66. The second-order valence-corrected chi connectivity index (χ2v) is 9.34. The molecule has 2 N–H and O–H groups in total. The van der Waals surface area contributed by atoms with Crippen molar-refractivity contribution in [3.8, 4) is 6.07 Å². The Morgan fingerprint density at radius 2 is 1.75 bits per heavy atom. The van der Waals surface area contributed by atoms with Crippen LogP contribution in [-0.4, -0.2) is 22.8 Å². The van der Waals surface area contributed by atoms with Crippen molar-refractivity contribution in [2.45, 2.75) is 18.2 Å². The molecule has 1 aliphatic rings. The van der Waals surface area contributed by atoms with Gasteiger partial charge in [-0.05, 0) is 54.1 Å². The maximum atomic E-state index is 14.2. The van der Waals surface area contributed by atoms with E-state index in [-0.39, 0.29) is 43.9 Å². The van der Waals surface area contributed by atoms with Gasteiger partial charge in [0.1, 0.15) is 6.07 Å². The number of nitriles is 1. The number of nitrogens with one attached hydrogen (secondary N) is 2. The van der Waals surface area contributed by atoms with E-state index in [1.807, 2.05) is 6.07 Å². The molecule has 0 saturated heterocycles. The summed E-state index contributed by atoms with van der Waals surface area (Å²) in [4.78, 5) is 27.6. The van der Waals surface area contributed by atoms with Gasteiger partial charge in [-0.1, -0.05) is 40.5 Å². The highest BCUT2D eigenvalue weighted by Gasteiger charge is 2.62. The maximum absolute atomic E-state index is 14.2. The van der Waals surface area contributed by atoms with Crippen molar-refractivity contribution >= 4 is 58.1 Å². The zero-order valence-electron chi connectivity index (χ0n) is 20.0. The molecule has 4 rings (SSSR count). The fourth-order valence-electron chi connectivity index (χ4n) is 3.81. The molecule has 0 radical (unpaired) electrons. The number of alkyl halides is 3. The smallest absolute Gasteiger partial charge is 0.374 e. The molecule has 1 atom stereocenters. The molecule has 0 spiro atoms. The third-order valence-electron chi connectivity index (χ3n) is 5.75. The highest BCUT2D eigenvalue weighted by Crippen LogP contribution is 2.49. The lowest BCUT2D eigenvalue weighted by Crippen LogP contribution is -2.42. The zero-order valence-corrected chi connectivity index (χ0v) is 21.5. The summed E-state index contributed by atoms with van der Waals surface area (Å²) in [6.45, 7) is 0. The van der Waals surface area contributed by atoms with Gasteiger partial charge in [-0.2, -0.15) is 18.4 Å². The molecule has 0 aromatic heterocycles. The predicted molar refractivity (Wildman–Crippen MR) is 143 cm³/mol. The Morgan fingerprint density at radius 3 is 2.35 bits per heavy atom. The van der Waals surface area contributed by atoms with E-state index in [9.17, 15) is 33.3 Å². The van der Waals surface area contributed by atoms with Gasteiger partial charge in [0.2, 0.25) is 0 Å². The van der Waals surface area contributed by atoms with Gasteiger partial charge < -0.3 is 15.5 Å². The molecule has 3 aromatic rings. The van der Waals surface area contributed by atoms with Gasteiger partial charge >= 0.3 is 12.2 Å². The standard InChI is InChI=1S/C26H16Cl2F3N5O4/c27-18-10-17(11-19(28)12-18)25(26(29,30)31)13-21(35-40-25)4-2-15-1-3-16(14-32)23(9-15)34-24(37)33-20-5-7-22(8-6-20)36(38)39/h1-12H,13H2,(H2,33,34,37)/b4-2+. The normalized spacial score (nSPS) is 16.6. The summed E-state index contributed by atoms with van der Waals surface area (Å²) in [5.41, 5.74) is -2.32. The van der Waals surface area contributed by atoms with Crippen LogP contribution in [0, 0.1) is 21.4 Å². The Balaban J connectivity index is 1.50. The van der Waals surface area contributed by atoms with Crippen LogP contribution in [0.25, 0.3) is 6.08 Å². The van der Waals surface area contributed by atoms with Crippen LogP contribution in [0.2, 0.25) is 10.0 Å². The van der Waals surface area contributed by atoms with Crippen molar-refractivity contribution in [1.82, 2.24) is 0 Å². The first kappa shape index (κ1) is 28.4. The number of rotatable bonds is 6. The van der Waals surface area contributed by atoms with Crippen LogP contribution in [0.1, 0.15) is 23.1 Å².